The minimum Gasteiger partial charge on any atom is -0.382 e. The smallest absolute Gasteiger partial charge is 0.265 e. The minimum atomic E-state index is -0.402. The van der Waals surface area contributed by atoms with E-state index in [1.54, 1.807) is 0 Å². The molecule has 106 valence electrons. The zero-order valence-corrected chi connectivity index (χ0v) is 12.3. The van der Waals surface area contributed by atoms with Gasteiger partial charge in [0.1, 0.15) is 10.7 Å². The summed E-state index contributed by atoms with van der Waals surface area (Å²) in [4.78, 5) is 27.3. The van der Waals surface area contributed by atoms with Crippen molar-refractivity contribution in [1.82, 2.24) is 15.6 Å². The number of carbonyl (C=O) groups is 2. The van der Waals surface area contributed by atoms with Crippen LogP contribution in [0.25, 0.3) is 0 Å². The molecule has 0 radical (unpaired) electrons. The van der Waals surface area contributed by atoms with Crippen molar-refractivity contribution < 1.29 is 9.59 Å². The molecule has 0 saturated heterocycles. The summed E-state index contributed by atoms with van der Waals surface area (Å²) in [5.41, 5.74) is 5.53. The first kappa shape index (κ1) is 15.2. The van der Waals surface area contributed by atoms with E-state index in [4.69, 9.17) is 5.73 Å². The van der Waals surface area contributed by atoms with Gasteiger partial charge in [0.25, 0.3) is 5.91 Å². The van der Waals surface area contributed by atoms with Crippen LogP contribution in [0.2, 0.25) is 0 Å². The van der Waals surface area contributed by atoms with Gasteiger partial charge in [-0.25, -0.2) is 4.98 Å². The average Bonchev–Trinajstić information content (AvgIpc) is 2.64. The maximum absolute atomic E-state index is 11.8. The molecule has 0 spiro atoms. The maximum atomic E-state index is 11.8. The lowest BCUT2D eigenvalue weighted by molar-refractivity contribution is -0.119. The second kappa shape index (κ2) is 5.87. The molecule has 0 fully saturated rings. The molecule has 0 aliphatic carbocycles. The highest BCUT2D eigenvalue weighted by atomic mass is 32.1. The molecule has 7 nitrogen and oxygen atoms in total. The molecule has 1 aromatic rings. The highest BCUT2D eigenvalue weighted by Crippen LogP contribution is 2.26. The Bertz CT molecular complexity index is 478. The fourth-order valence-electron chi connectivity index (χ4n) is 1.20. The molecular formula is C11H19N5O2S. The number of hydrogen-bond acceptors (Lipinski definition) is 6. The summed E-state index contributed by atoms with van der Waals surface area (Å²) in [5.74, 6) is -0.517. The molecule has 8 heteroatoms. The number of likely N-dealkylation sites (N-methyl/N-ethyl adjacent to an activating group) is 1. The Hall–Kier alpha value is -1.83. The van der Waals surface area contributed by atoms with Gasteiger partial charge >= 0.3 is 0 Å². The Morgan fingerprint density at radius 1 is 1.37 bits per heavy atom. The van der Waals surface area contributed by atoms with E-state index in [1.807, 2.05) is 20.8 Å². The number of aromatic nitrogens is 1. The lowest BCUT2D eigenvalue weighted by Crippen LogP contribution is -2.35. The van der Waals surface area contributed by atoms with E-state index in [1.165, 1.54) is 7.05 Å². The third kappa shape index (κ3) is 4.74. The van der Waals surface area contributed by atoms with Gasteiger partial charge in [-0.15, -0.1) is 0 Å². The number of nitrogens with zero attached hydrogens (tertiary/aromatic N) is 1. The molecule has 1 rings (SSSR count). The van der Waals surface area contributed by atoms with E-state index in [0.717, 1.165) is 11.3 Å². The Morgan fingerprint density at radius 3 is 2.53 bits per heavy atom. The van der Waals surface area contributed by atoms with Crippen molar-refractivity contribution in [2.75, 3.05) is 24.6 Å². The first-order chi connectivity index (χ1) is 8.73. The van der Waals surface area contributed by atoms with Crippen LogP contribution in [0.1, 0.15) is 30.4 Å². The first-order valence-corrected chi connectivity index (χ1v) is 6.58. The third-order valence-electron chi connectivity index (χ3n) is 2.03. The number of hydrogen-bond donors (Lipinski definition) is 4. The Labute approximate surface area is 116 Å². The van der Waals surface area contributed by atoms with Crippen LogP contribution in [0.3, 0.4) is 0 Å². The van der Waals surface area contributed by atoms with Crippen LogP contribution in [-0.2, 0) is 4.79 Å². The quantitative estimate of drug-likeness (QED) is 0.640. The summed E-state index contributed by atoms with van der Waals surface area (Å²) < 4.78 is 0. The van der Waals surface area contributed by atoms with Crippen LogP contribution in [0, 0.1) is 0 Å². The minimum absolute atomic E-state index is 0.0886. The number of amides is 2. The molecule has 0 saturated carbocycles. The molecule has 1 aromatic heterocycles. The van der Waals surface area contributed by atoms with Gasteiger partial charge in [0.05, 0.1) is 6.54 Å². The van der Waals surface area contributed by atoms with Crippen LogP contribution in [0.15, 0.2) is 0 Å². The molecule has 0 aliphatic heterocycles. The average molecular weight is 285 g/mol. The number of nitrogen functional groups attached to an aromatic ring is 1. The van der Waals surface area contributed by atoms with Crippen LogP contribution in [0.4, 0.5) is 10.9 Å². The van der Waals surface area contributed by atoms with Gasteiger partial charge in [0.15, 0.2) is 5.13 Å². The van der Waals surface area contributed by atoms with Gasteiger partial charge in [-0.05, 0) is 20.8 Å². The molecule has 5 N–H and O–H groups in total. The molecular weight excluding hydrogens is 266 g/mol. The van der Waals surface area contributed by atoms with Gasteiger partial charge < -0.3 is 21.7 Å². The fraction of sp³-hybridized carbons (Fsp3) is 0.545. The monoisotopic (exact) mass is 285 g/mol. The van der Waals surface area contributed by atoms with Crippen molar-refractivity contribution >= 4 is 34.1 Å². The summed E-state index contributed by atoms with van der Waals surface area (Å²) in [5, 5.41) is 8.61. The molecule has 0 aliphatic rings. The van der Waals surface area contributed by atoms with Crippen molar-refractivity contribution in [2.45, 2.75) is 26.3 Å². The van der Waals surface area contributed by atoms with Crippen molar-refractivity contribution in [3.8, 4) is 0 Å². The van der Waals surface area contributed by atoms with E-state index < -0.39 is 5.91 Å². The van der Waals surface area contributed by atoms with E-state index in [9.17, 15) is 9.59 Å². The normalized spacial score (nSPS) is 10.9. The molecule has 0 bridgehead atoms. The van der Waals surface area contributed by atoms with Gasteiger partial charge in [-0.1, -0.05) is 11.3 Å². The zero-order valence-electron chi connectivity index (χ0n) is 11.5. The number of thiazole rings is 1. The van der Waals surface area contributed by atoms with Crippen molar-refractivity contribution in [2.24, 2.45) is 0 Å². The maximum Gasteiger partial charge on any atom is 0.265 e. The largest absolute Gasteiger partial charge is 0.382 e. The number of anilines is 2. The molecule has 0 atom stereocenters. The molecule has 0 aromatic carbocycles. The third-order valence-corrected chi connectivity index (χ3v) is 3.02. The molecule has 19 heavy (non-hydrogen) atoms. The van der Waals surface area contributed by atoms with E-state index in [-0.39, 0.29) is 23.8 Å². The predicted molar refractivity (Wildman–Crippen MR) is 76.3 cm³/mol. The van der Waals surface area contributed by atoms with E-state index >= 15 is 0 Å². The topological polar surface area (TPSA) is 109 Å². The highest BCUT2D eigenvalue weighted by molar-refractivity contribution is 7.18. The van der Waals surface area contributed by atoms with Gasteiger partial charge in [-0.3, -0.25) is 9.59 Å². The van der Waals surface area contributed by atoms with E-state index in [2.05, 4.69) is 20.9 Å². The second-order valence-electron chi connectivity index (χ2n) is 4.96. The molecule has 0 unspecified atom stereocenters. The van der Waals surface area contributed by atoms with Crippen LogP contribution in [-0.4, -0.2) is 35.9 Å². The van der Waals surface area contributed by atoms with Crippen LogP contribution >= 0.6 is 11.3 Å². The van der Waals surface area contributed by atoms with Gasteiger partial charge in [0, 0.05) is 12.6 Å². The Kier molecular flexibility index (Phi) is 4.71. The van der Waals surface area contributed by atoms with Crippen LogP contribution < -0.4 is 21.7 Å². The van der Waals surface area contributed by atoms with E-state index in [0.29, 0.717) is 10.0 Å². The first-order valence-electron chi connectivity index (χ1n) is 5.76. The summed E-state index contributed by atoms with van der Waals surface area (Å²) >= 11 is 1.16. The summed E-state index contributed by atoms with van der Waals surface area (Å²) in [7, 11) is 1.50. The fourth-order valence-corrected chi connectivity index (χ4v) is 2.21. The number of nitrogens with two attached hydrogens (primary N) is 1. The number of nitrogens with one attached hydrogen (secondary N) is 3. The standard InChI is InChI=1S/C11H19N5O2S/c1-11(2,3)16-10-15-8(12)7(19-10)9(18)14-5-6(17)13-4/h5,12H2,1-4H3,(H,13,17)(H,14,18)(H,15,16). The highest BCUT2D eigenvalue weighted by Gasteiger charge is 2.19. The summed E-state index contributed by atoms with van der Waals surface area (Å²) in [6.07, 6.45) is 0. The molecule has 2 amide bonds. The SMILES string of the molecule is CNC(=O)CNC(=O)c1sc(NC(C)(C)C)nc1N. The summed E-state index contributed by atoms with van der Waals surface area (Å²) in [6.45, 7) is 5.86. The van der Waals surface area contributed by atoms with Gasteiger partial charge in [-0.2, -0.15) is 0 Å². The van der Waals surface area contributed by atoms with Crippen molar-refractivity contribution in [1.29, 1.82) is 0 Å². The lowest BCUT2D eigenvalue weighted by Gasteiger charge is -2.19. The predicted octanol–water partition coefficient (Wildman–Crippen LogP) is 0.411. The van der Waals surface area contributed by atoms with Crippen LogP contribution in [0.5, 0.6) is 0 Å². The molecule has 1 heterocycles. The van der Waals surface area contributed by atoms with Crippen molar-refractivity contribution in [3.05, 3.63) is 4.88 Å². The summed E-state index contributed by atoms with van der Waals surface area (Å²) in [6, 6.07) is 0. The number of carbonyl (C=O) groups excluding carboxylic acids is 2. The Morgan fingerprint density at radius 2 is 2.00 bits per heavy atom. The number of rotatable bonds is 4. The Balaban J connectivity index is 2.73. The van der Waals surface area contributed by atoms with Gasteiger partial charge in [0.2, 0.25) is 5.91 Å². The lowest BCUT2D eigenvalue weighted by atomic mass is 10.1. The zero-order chi connectivity index (χ0) is 14.6. The second-order valence-corrected chi connectivity index (χ2v) is 5.96. The van der Waals surface area contributed by atoms with Crippen molar-refractivity contribution in [3.63, 3.8) is 0 Å².